The van der Waals surface area contributed by atoms with Crippen molar-refractivity contribution in [2.75, 3.05) is 7.11 Å². The maximum absolute atomic E-state index is 10.6. The van der Waals surface area contributed by atoms with Gasteiger partial charge in [-0.15, -0.1) is 0 Å². The van der Waals surface area contributed by atoms with Gasteiger partial charge < -0.3 is 9.84 Å². The van der Waals surface area contributed by atoms with Gasteiger partial charge in [0.2, 0.25) is 0 Å². The van der Waals surface area contributed by atoms with Crippen molar-refractivity contribution >= 4 is 15.9 Å². The van der Waals surface area contributed by atoms with E-state index in [2.05, 4.69) is 32.9 Å². The van der Waals surface area contributed by atoms with Crippen LogP contribution in [0.4, 0.5) is 0 Å². The molecule has 0 bridgehead atoms. The zero-order valence-corrected chi connectivity index (χ0v) is 12.5. The monoisotopic (exact) mass is 325 g/mol. The third-order valence-corrected chi connectivity index (χ3v) is 3.47. The summed E-state index contributed by atoms with van der Waals surface area (Å²) in [5.41, 5.74) is 1.41. The highest BCUT2D eigenvalue weighted by molar-refractivity contribution is 9.10. The molecule has 102 valence electrons. The molecule has 2 aromatic heterocycles. The number of aromatic nitrogens is 3. The molecular weight excluding hydrogens is 310 g/mol. The smallest absolute Gasteiger partial charge is 0.143 e. The lowest BCUT2D eigenvalue weighted by molar-refractivity contribution is 0.201. The summed E-state index contributed by atoms with van der Waals surface area (Å²) in [6.07, 6.45) is 5.06. The largest absolute Gasteiger partial charge is 0.495 e. The molecule has 19 heavy (non-hydrogen) atoms. The zero-order valence-electron chi connectivity index (χ0n) is 10.9. The Morgan fingerprint density at radius 3 is 2.95 bits per heavy atom. The third kappa shape index (κ3) is 2.79. The second-order valence-corrected chi connectivity index (χ2v) is 4.98. The number of halogens is 1. The molecule has 0 amide bonds. The van der Waals surface area contributed by atoms with Crippen LogP contribution in [0.15, 0.2) is 29.1 Å². The number of pyridine rings is 1. The van der Waals surface area contributed by atoms with Gasteiger partial charge in [-0.3, -0.25) is 9.67 Å². The van der Waals surface area contributed by atoms with Gasteiger partial charge in [0.1, 0.15) is 11.9 Å². The molecule has 5 nitrogen and oxygen atoms in total. The van der Waals surface area contributed by atoms with E-state index >= 15 is 0 Å². The Morgan fingerprint density at radius 2 is 2.26 bits per heavy atom. The van der Waals surface area contributed by atoms with E-state index in [9.17, 15) is 5.11 Å². The Bertz CT molecular complexity index is 557. The fourth-order valence-corrected chi connectivity index (χ4v) is 2.48. The predicted molar refractivity (Wildman–Crippen MR) is 75.1 cm³/mol. The highest BCUT2D eigenvalue weighted by Crippen LogP contribution is 2.33. The topological polar surface area (TPSA) is 60.2 Å². The fourth-order valence-electron chi connectivity index (χ4n) is 1.97. The van der Waals surface area contributed by atoms with Crippen molar-refractivity contribution in [1.29, 1.82) is 0 Å². The minimum atomic E-state index is -0.804. The van der Waals surface area contributed by atoms with Crippen molar-refractivity contribution in [3.8, 4) is 5.75 Å². The number of aryl methyl sites for hydroxylation is 1. The first kappa shape index (κ1) is 14.0. The lowest BCUT2D eigenvalue weighted by Gasteiger charge is -2.16. The Kier molecular flexibility index (Phi) is 4.55. The van der Waals surface area contributed by atoms with E-state index in [0.717, 1.165) is 23.1 Å². The average molecular weight is 326 g/mol. The van der Waals surface area contributed by atoms with Crippen molar-refractivity contribution in [3.63, 3.8) is 0 Å². The summed E-state index contributed by atoms with van der Waals surface area (Å²) in [5, 5.41) is 14.8. The molecule has 0 saturated heterocycles. The van der Waals surface area contributed by atoms with Crippen LogP contribution in [0.3, 0.4) is 0 Å². The van der Waals surface area contributed by atoms with Gasteiger partial charge in [-0.05, 0) is 28.4 Å². The number of aliphatic hydroxyl groups excluding tert-OH is 1. The SMILES string of the molecule is CCCn1ncc(Br)c1C(O)c1ccncc1OC. The standard InChI is InChI=1S/C13H16BrN3O2/c1-3-6-17-12(10(14)7-16-17)13(18)9-4-5-15-8-11(9)19-2/h4-5,7-8,13,18H,3,6H2,1-2H3. The van der Waals surface area contributed by atoms with Crippen LogP contribution in [-0.4, -0.2) is 27.0 Å². The van der Waals surface area contributed by atoms with Gasteiger partial charge in [-0.2, -0.15) is 5.10 Å². The summed E-state index contributed by atoms with van der Waals surface area (Å²) in [7, 11) is 1.56. The molecule has 0 aliphatic carbocycles. The number of hydrogen-bond acceptors (Lipinski definition) is 4. The predicted octanol–water partition coefficient (Wildman–Crippen LogP) is 2.54. The van der Waals surface area contributed by atoms with E-state index in [-0.39, 0.29) is 0 Å². The molecule has 1 atom stereocenters. The number of hydrogen-bond donors (Lipinski definition) is 1. The molecule has 0 saturated carbocycles. The first-order valence-electron chi connectivity index (χ1n) is 6.06. The van der Waals surface area contributed by atoms with Gasteiger partial charge in [0.05, 0.1) is 29.7 Å². The quantitative estimate of drug-likeness (QED) is 0.917. The molecule has 1 N–H and O–H groups in total. The van der Waals surface area contributed by atoms with E-state index < -0.39 is 6.10 Å². The number of ether oxygens (including phenoxy) is 1. The summed E-state index contributed by atoms with van der Waals surface area (Å²) in [6, 6.07) is 1.75. The van der Waals surface area contributed by atoms with Crippen molar-refractivity contribution in [1.82, 2.24) is 14.8 Å². The number of methoxy groups -OCH3 is 1. The molecule has 0 radical (unpaired) electrons. The molecule has 0 spiro atoms. The van der Waals surface area contributed by atoms with Gasteiger partial charge in [-0.25, -0.2) is 0 Å². The van der Waals surface area contributed by atoms with Crippen LogP contribution in [0.1, 0.15) is 30.7 Å². The van der Waals surface area contributed by atoms with Crippen LogP contribution in [0.25, 0.3) is 0 Å². The molecule has 2 heterocycles. The van der Waals surface area contributed by atoms with Crippen LogP contribution in [0.2, 0.25) is 0 Å². The van der Waals surface area contributed by atoms with Crippen LogP contribution in [0.5, 0.6) is 5.75 Å². The molecule has 0 fully saturated rings. The van der Waals surface area contributed by atoms with Gasteiger partial charge in [0.15, 0.2) is 0 Å². The lowest BCUT2D eigenvalue weighted by Crippen LogP contribution is -2.11. The lowest BCUT2D eigenvalue weighted by atomic mass is 10.1. The zero-order chi connectivity index (χ0) is 13.8. The van der Waals surface area contributed by atoms with Crippen molar-refractivity contribution < 1.29 is 9.84 Å². The van der Waals surface area contributed by atoms with E-state index in [4.69, 9.17) is 4.74 Å². The van der Waals surface area contributed by atoms with Gasteiger partial charge in [0.25, 0.3) is 0 Å². The van der Waals surface area contributed by atoms with Gasteiger partial charge in [0, 0.05) is 18.3 Å². The third-order valence-electron chi connectivity index (χ3n) is 2.86. The Labute approximate surface area is 120 Å². The summed E-state index contributed by atoms with van der Waals surface area (Å²) in [6.45, 7) is 2.82. The molecule has 1 unspecified atom stereocenters. The fraction of sp³-hybridized carbons (Fsp3) is 0.385. The van der Waals surface area contributed by atoms with E-state index in [1.165, 1.54) is 0 Å². The maximum Gasteiger partial charge on any atom is 0.143 e. The molecule has 0 aromatic carbocycles. The average Bonchev–Trinajstić information content (AvgIpc) is 2.79. The first-order valence-corrected chi connectivity index (χ1v) is 6.85. The van der Waals surface area contributed by atoms with Crippen LogP contribution in [0, 0.1) is 0 Å². The molecule has 2 aromatic rings. The molecule has 6 heteroatoms. The molecule has 2 rings (SSSR count). The summed E-state index contributed by atoms with van der Waals surface area (Å²) in [4.78, 5) is 3.99. The number of aliphatic hydroxyl groups is 1. The second-order valence-electron chi connectivity index (χ2n) is 4.12. The van der Waals surface area contributed by atoms with Crippen LogP contribution < -0.4 is 4.74 Å². The minimum absolute atomic E-state index is 0.561. The Morgan fingerprint density at radius 1 is 1.47 bits per heavy atom. The van der Waals surface area contributed by atoms with Gasteiger partial charge in [-0.1, -0.05) is 6.92 Å². The van der Waals surface area contributed by atoms with E-state index in [1.807, 2.05) is 0 Å². The molecular formula is C13H16BrN3O2. The highest BCUT2D eigenvalue weighted by Gasteiger charge is 2.22. The van der Waals surface area contributed by atoms with Crippen molar-refractivity contribution in [3.05, 3.63) is 40.4 Å². The first-order chi connectivity index (χ1) is 9.19. The maximum atomic E-state index is 10.6. The van der Waals surface area contributed by atoms with E-state index in [0.29, 0.717) is 11.3 Å². The van der Waals surface area contributed by atoms with Crippen molar-refractivity contribution in [2.45, 2.75) is 26.0 Å². The number of rotatable bonds is 5. The van der Waals surface area contributed by atoms with Crippen molar-refractivity contribution in [2.24, 2.45) is 0 Å². The summed E-state index contributed by atoms with van der Waals surface area (Å²) in [5.74, 6) is 0.561. The van der Waals surface area contributed by atoms with Gasteiger partial charge >= 0.3 is 0 Å². The van der Waals surface area contributed by atoms with Crippen LogP contribution in [-0.2, 0) is 6.54 Å². The minimum Gasteiger partial charge on any atom is -0.495 e. The number of nitrogens with zero attached hydrogens (tertiary/aromatic N) is 3. The normalized spacial score (nSPS) is 12.4. The van der Waals surface area contributed by atoms with E-state index in [1.54, 1.807) is 36.4 Å². The second kappa shape index (κ2) is 6.16. The summed E-state index contributed by atoms with van der Waals surface area (Å²) < 4.78 is 7.82. The van der Waals surface area contributed by atoms with Crippen LogP contribution >= 0.6 is 15.9 Å². The molecule has 0 aliphatic rings. The highest BCUT2D eigenvalue weighted by atomic mass is 79.9. The Balaban J connectivity index is 2.43. The Hall–Kier alpha value is -1.40. The summed E-state index contributed by atoms with van der Waals surface area (Å²) >= 11 is 3.43. The molecule has 0 aliphatic heterocycles.